The standard InChI is InChI=1S/C10H15NO4/c12-4-3-11(8-1-2-8)10(13)9-7-14-5-6-15-9/h7-8,12H,1-6H2. The lowest BCUT2D eigenvalue weighted by molar-refractivity contribution is -0.133. The number of nitrogens with zero attached hydrogens (tertiary/aromatic N) is 1. The molecule has 1 heterocycles. The van der Waals surface area contributed by atoms with E-state index >= 15 is 0 Å². The Kier molecular flexibility index (Phi) is 3.11. The largest absolute Gasteiger partial charge is 0.494 e. The molecule has 15 heavy (non-hydrogen) atoms. The van der Waals surface area contributed by atoms with Gasteiger partial charge >= 0.3 is 0 Å². The summed E-state index contributed by atoms with van der Waals surface area (Å²) in [5.74, 6) is 0.0767. The van der Waals surface area contributed by atoms with Crippen LogP contribution in [0.25, 0.3) is 0 Å². The van der Waals surface area contributed by atoms with Crippen molar-refractivity contribution in [2.24, 2.45) is 0 Å². The van der Waals surface area contributed by atoms with Gasteiger partial charge in [0.05, 0.1) is 6.61 Å². The first-order chi connectivity index (χ1) is 7.33. The Balaban J connectivity index is 1.99. The topological polar surface area (TPSA) is 59.0 Å². The number of aliphatic hydroxyl groups excluding tert-OH is 1. The van der Waals surface area contributed by atoms with Crippen LogP contribution in [0.2, 0.25) is 0 Å². The first-order valence-corrected chi connectivity index (χ1v) is 5.19. The fraction of sp³-hybridized carbons (Fsp3) is 0.700. The van der Waals surface area contributed by atoms with Gasteiger partial charge in [-0.2, -0.15) is 0 Å². The minimum absolute atomic E-state index is 0.0175. The average molecular weight is 213 g/mol. The van der Waals surface area contributed by atoms with Gasteiger partial charge in [-0.1, -0.05) is 0 Å². The van der Waals surface area contributed by atoms with Crippen LogP contribution in [0.15, 0.2) is 12.0 Å². The Bertz CT molecular complexity index is 273. The first-order valence-electron chi connectivity index (χ1n) is 5.19. The summed E-state index contributed by atoms with van der Waals surface area (Å²) < 4.78 is 10.2. The Labute approximate surface area is 88.3 Å². The van der Waals surface area contributed by atoms with E-state index in [9.17, 15) is 4.79 Å². The molecule has 0 atom stereocenters. The smallest absolute Gasteiger partial charge is 0.292 e. The predicted octanol–water partition coefficient (Wildman–Crippen LogP) is -0.142. The number of rotatable bonds is 4. The number of hydrogen-bond acceptors (Lipinski definition) is 4. The van der Waals surface area contributed by atoms with Crippen LogP contribution in [0.1, 0.15) is 12.8 Å². The molecule has 0 radical (unpaired) electrons. The molecule has 5 nitrogen and oxygen atoms in total. The molecule has 0 bridgehead atoms. The van der Waals surface area contributed by atoms with Crippen molar-refractivity contribution in [2.45, 2.75) is 18.9 Å². The number of aliphatic hydroxyl groups is 1. The van der Waals surface area contributed by atoms with E-state index in [4.69, 9.17) is 14.6 Å². The lowest BCUT2D eigenvalue weighted by Gasteiger charge is -2.24. The summed E-state index contributed by atoms with van der Waals surface area (Å²) in [6, 6.07) is 0.274. The van der Waals surface area contributed by atoms with Crippen molar-refractivity contribution in [1.29, 1.82) is 0 Å². The fourth-order valence-electron chi connectivity index (χ4n) is 1.57. The zero-order valence-electron chi connectivity index (χ0n) is 8.52. The molecular weight excluding hydrogens is 198 g/mol. The monoisotopic (exact) mass is 213 g/mol. The molecule has 1 fully saturated rings. The van der Waals surface area contributed by atoms with E-state index in [0.717, 1.165) is 12.8 Å². The van der Waals surface area contributed by atoms with E-state index in [2.05, 4.69) is 0 Å². The Hall–Kier alpha value is -1.23. The van der Waals surface area contributed by atoms with Crippen LogP contribution in [0.4, 0.5) is 0 Å². The highest BCUT2D eigenvalue weighted by molar-refractivity contribution is 5.91. The van der Waals surface area contributed by atoms with Crippen LogP contribution in [0, 0.1) is 0 Å². The summed E-state index contributed by atoms with van der Waals surface area (Å²) >= 11 is 0. The van der Waals surface area contributed by atoms with Crippen molar-refractivity contribution in [2.75, 3.05) is 26.4 Å². The Morgan fingerprint density at radius 1 is 1.53 bits per heavy atom. The summed E-state index contributed by atoms with van der Waals surface area (Å²) in [6.45, 7) is 1.25. The Morgan fingerprint density at radius 2 is 2.33 bits per heavy atom. The normalized spacial score (nSPS) is 19.9. The van der Waals surface area contributed by atoms with Crippen molar-refractivity contribution >= 4 is 5.91 Å². The average Bonchev–Trinajstić information content (AvgIpc) is 3.10. The molecule has 0 saturated heterocycles. The molecule has 0 spiro atoms. The van der Waals surface area contributed by atoms with Gasteiger partial charge in [0.15, 0.2) is 0 Å². The molecule has 1 aliphatic heterocycles. The third-order valence-corrected chi connectivity index (χ3v) is 2.45. The molecule has 1 N–H and O–H groups in total. The van der Waals surface area contributed by atoms with E-state index < -0.39 is 0 Å². The number of carbonyl (C=O) groups excluding carboxylic acids is 1. The third kappa shape index (κ3) is 2.41. The van der Waals surface area contributed by atoms with Gasteiger partial charge in [-0.05, 0) is 12.8 Å². The van der Waals surface area contributed by atoms with E-state index in [1.54, 1.807) is 4.90 Å². The van der Waals surface area contributed by atoms with Gasteiger partial charge < -0.3 is 19.5 Å². The van der Waals surface area contributed by atoms with E-state index in [-0.39, 0.29) is 24.3 Å². The van der Waals surface area contributed by atoms with Crippen molar-refractivity contribution in [1.82, 2.24) is 4.90 Å². The quantitative estimate of drug-likeness (QED) is 0.706. The van der Waals surface area contributed by atoms with Crippen molar-refractivity contribution in [3.05, 3.63) is 12.0 Å². The summed E-state index contributed by atoms with van der Waals surface area (Å²) in [4.78, 5) is 13.6. The van der Waals surface area contributed by atoms with E-state index in [1.807, 2.05) is 0 Å². The zero-order valence-corrected chi connectivity index (χ0v) is 8.52. The van der Waals surface area contributed by atoms with Crippen LogP contribution >= 0.6 is 0 Å². The highest BCUT2D eigenvalue weighted by Gasteiger charge is 2.34. The highest BCUT2D eigenvalue weighted by Crippen LogP contribution is 2.28. The molecule has 1 amide bonds. The molecule has 5 heteroatoms. The van der Waals surface area contributed by atoms with E-state index in [0.29, 0.717) is 19.8 Å². The molecule has 2 rings (SSSR count). The number of ether oxygens (including phenoxy) is 2. The molecule has 1 aliphatic carbocycles. The summed E-state index contributed by atoms with van der Waals surface area (Å²) in [7, 11) is 0. The lowest BCUT2D eigenvalue weighted by atomic mass is 10.3. The molecule has 84 valence electrons. The predicted molar refractivity (Wildman–Crippen MR) is 51.8 cm³/mol. The molecule has 0 aromatic rings. The molecular formula is C10H15NO4. The molecule has 1 saturated carbocycles. The maximum absolute atomic E-state index is 11.9. The van der Waals surface area contributed by atoms with Crippen LogP contribution in [0.5, 0.6) is 0 Å². The minimum Gasteiger partial charge on any atom is -0.494 e. The number of hydrogen-bond donors (Lipinski definition) is 1. The van der Waals surface area contributed by atoms with Gasteiger partial charge in [-0.3, -0.25) is 4.79 Å². The second-order valence-electron chi connectivity index (χ2n) is 3.65. The summed E-state index contributed by atoms with van der Waals surface area (Å²) in [5.41, 5.74) is 0. The minimum atomic E-state index is -0.175. The van der Waals surface area contributed by atoms with Gasteiger partial charge in [0, 0.05) is 12.6 Å². The van der Waals surface area contributed by atoms with Gasteiger partial charge in [-0.25, -0.2) is 0 Å². The fourth-order valence-corrected chi connectivity index (χ4v) is 1.57. The summed E-state index contributed by atoms with van der Waals surface area (Å²) in [6.07, 6.45) is 3.39. The van der Waals surface area contributed by atoms with E-state index in [1.165, 1.54) is 6.26 Å². The van der Waals surface area contributed by atoms with Crippen molar-refractivity contribution in [3.8, 4) is 0 Å². The molecule has 0 aromatic carbocycles. The van der Waals surface area contributed by atoms with Crippen LogP contribution < -0.4 is 0 Å². The second kappa shape index (κ2) is 4.53. The van der Waals surface area contributed by atoms with Gasteiger partial charge in [0.25, 0.3) is 5.91 Å². The van der Waals surface area contributed by atoms with Crippen LogP contribution in [-0.2, 0) is 14.3 Å². The highest BCUT2D eigenvalue weighted by atomic mass is 16.6. The van der Waals surface area contributed by atoms with Crippen molar-refractivity contribution in [3.63, 3.8) is 0 Å². The van der Waals surface area contributed by atoms with Gasteiger partial charge in [0.2, 0.25) is 5.76 Å². The number of amides is 1. The molecule has 0 unspecified atom stereocenters. The molecule has 2 aliphatic rings. The Morgan fingerprint density at radius 3 is 2.87 bits per heavy atom. The van der Waals surface area contributed by atoms with Gasteiger partial charge in [-0.15, -0.1) is 0 Å². The lowest BCUT2D eigenvalue weighted by Crippen LogP contribution is -2.37. The summed E-state index contributed by atoms with van der Waals surface area (Å²) in [5, 5.41) is 8.88. The maximum Gasteiger partial charge on any atom is 0.292 e. The second-order valence-corrected chi connectivity index (χ2v) is 3.65. The third-order valence-electron chi connectivity index (χ3n) is 2.45. The van der Waals surface area contributed by atoms with Crippen LogP contribution in [-0.4, -0.2) is 48.3 Å². The van der Waals surface area contributed by atoms with Gasteiger partial charge in [0.1, 0.15) is 19.5 Å². The molecule has 0 aromatic heterocycles. The maximum atomic E-state index is 11.9. The van der Waals surface area contributed by atoms with Crippen molar-refractivity contribution < 1.29 is 19.4 Å². The van der Waals surface area contributed by atoms with Crippen LogP contribution in [0.3, 0.4) is 0 Å². The zero-order chi connectivity index (χ0) is 10.7. The SMILES string of the molecule is O=C(C1=COCCO1)N(CCO)C1CC1. The first kappa shape index (κ1) is 10.3. The number of carbonyl (C=O) groups is 1.